The number of rotatable bonds is 3. The lowest BCUT2D eigenvalue weighted by atomic mass is 9.71. The fourth-order valence-corrected chi connectivity index (χ4v) is 6.11. The van der Waals surface area contributed by atoms with Gasteiger partial charge in [0.1, 0.15) is 0 Å². The Hall–Kier alpha value is -3.65. The Labute approximate surface area is 201 Å². The summed E-state index contributed by atoms with van der Waals surface area (Å²) in [4.78, 5) is 16.6. The summed E-state index contributed by atoms with van der Waals surface area (Å²) in [5.41, 5.74) is 7.74. The second-order valence-corrected chi connectivity index (χ2v) is 9.53. The third-order valence-corrected chi connectivity index (χ3v) is 7.67. The maximum absolute atomic E-state index is 14.5. The highest BCUT2D eigenvalue weighted by Gasteiger charge is 2.41. The highest BCUT2D eigenvalue weighted by atomic mass is 16.2. The molecule has 2 heteroatoms. The second kappa shape index (κ2) is 8.95. The zero-order valence-electron chi connectivity index (χ0n) is 19.3. The van der Waals surface area contributed by atoms with E-state index < -0.39 is 0 Å². The zero-order valence-corrected chi connectivity index (χ0v) is 19.3. The minimum absolute atomic E-state index is 0.0350. The van der Waals surface area contributed by atoms with Crippen LogP contribution in [-0.4, -0.2) is 17.4 Å². The van der Waals surface area contributed by atoms with Crippen molar-refractivity contribution >= 4 is 5.91 Å². The molecule has 0 spiro atoms. The summed E-state index contributed by atoms with van der Waals surface area (Å²) in [6.45, 7) is 0.759. The Morgan fingerprint density at radius 2 is 1.18 bits per heavy atom. The topological polar surface area (TPSA) is 20.3 Å². The molecule has 0 fully saturated rings. The van der Waals surface area contributed by atoms with E-state index in [9.17, 15) is 4.79 Å². The van der Waals surface area contributed by atoms with Crippen molar-refractivity contribution < 1.29 is 4.79 Å². The molecule has 1 heterocycles. The Morgan fingerprint density at radius 3 is 1.88 bits per heavy atom. The third kappa shape index (κ3) is 3.64. The smallest absolute Gasteiger partial charge is 0.227 e. The molecule has 2 aliphatic rings. The van der Waals surface area contributed by atoms with Crippen molar-refractivity contribution in [3.8, 4) is 0 Å². The molecule has 4 aromatic rings. The number of hydrogen-bond acceptors (Lipinski definition) is 1. The number of carbonyl (C=O) groups excluding carboxylic acids is 1. The van der Waals surface area contributed by atoms with Crippen molar-refractivity contribution in [1.82, 2.24) is 4.90 Å². The molecule has 1 aliphatic heterocycles. The lowest BCUT2D eigenvalue weighted by Gasteiger charge is -2.42. The monoisotopic (exact) mass is 443 g/mol. The maximum Gasteiger partial charge on any atom is 0.227 e. The van der Waals surface area contributed by atoms with Gasteiger partial charge in [0.25, 0.3) is 0 Å². The summed E-state index contributed by atoms with van der Waals surface area (Å²) in [5, 5.41) is 0. The normalized spacial score (nSPS) is 21.4. The first kappa shape index (κ1) is 20.9. The first-order valence-corrected chi connectivity index (χ1v) is 12.4. The molecule has 168 valence electrons. The molecular formula is C32H29NO. The highest BCUT2D eigenvalue weighted by Crippen LogP contribution is 2.44. The lowest BCUT2D eigenvalue weighted by Crippen LogP contribution is -2.46. The van der Waals surface area contributed by atoms with E-state index >= 15 is 0 Å². The Balaban J connectivity index is 1.44. The Bertz CT molecular complexity index is 1200. The van der Waals surface area contributed by atoms with Gasteiger partial charge in [0.15, 0.2) is 0 Å². The van der Waals surface area contributed by atoms with E-state index in [0.29, 0.717) is 0 Å². The predicted molar refractivity (Wildman–Crippen MR) is 137 cm³/mol. The summed E-state index contributed by atoms with van der Waals surface area (Å²) in [6, 6.07) is 38.5. The number of carbonyl (C=O) groups is 1. The number of amides is 1. The van der Waals surface area contributed by atoms with Crippen LogP contribution in [0.15, 0.2) is 109 Å². The molecule has 1 amide bonds. The molecule has 4 aromatic carbocycles. The van der Waals surface area contributed by atoms with E-state index in [4.69, 9.17) is 0 Å². The Morgan fingerprint density at radius 1 is 0.618 bits per heavy atom. The van der Waals surface area contributed by atoms with E-state index in [1.807, 2.05) is 6.07 Å². The molecule has 3 atom stereocenters. The van der Waals surface area contributed by atoms with Crippen molar-refractivity contribution in [3.63, 3.8) is 0 Å². The van der Waals surface area contributed by atoms with E-state index in [0.717, 1.165) is 25.8 Å². The van der Waals surface area contributed by atoms with Gasteiger partial charge in [0.2, 0.25) is 5.91 Å². The predicted octanol–water partition coefficient (Wildman–Crippen LogP) is 6.56. The van der Waals surface area contributed by atoms with E-state index in [-0.39, 0.29) is 23.8 Å². The first-order valence-electron chi connectivity index (χ1n) is 12.4. The van der Waals surface area contributed by atoms with Gasteiger partial charge in [-0.3, -0.25) is 4.79 Å². The molecule has 1 aliphatic carbocycles. The first-order chi connectivity index (χ1) is 16.8. The van der Waals surface area contributed by atoms with Crippen molar-refractivity contribution in [2.24, 2.45) is 5.92 Å². The third-order valence-electron chi connectivity index (χ3n) is 7.67. The molecule has 0 aromatic heterocycles. The molecule has 0 radical (unpaired) electrons. The van der Waals surface area contributed by atoms with E-state index in [1.165, 1.54) is 33.4 Å². The Kier molecular flexibility index (Phi) is 5.50. The fourth-order valence-electron chi connectivity index (χ4n) is 6.11. The largest absolute Gasteiger partial charge is 0.331 e. The molecule has 2 nitrogen and oxygen atoms in total. The molecule has 0 bridgehead atoms. The molecule has 0 N–H and O–H groups in total. The van der Waals surface area contributed by atoms with Gasteiger partial charge in [-0.15, -0.1) is 0 Å². The number of fused-ring (bicyclic) bond motifs is 2. The fraction of sp³-hybridized carbons (Fsp3) is 0.219. The number of benzene rings is 4. The van der Waals surface area contributed by atoms with Crippen molar-refractivity contribution in [1.29, 1.82) is 0 Å². The van der Waals surface area contributed by atoms with Crippen LogP contribution in [0.1, 0.15) is 51.8 Å². The average Bonchev–Trinajstić information content (AvgIpc) is 2.92. The molecular weight excluding hydrogens is 414 g/mol. The van der Waals surface area contributed by atoms with Crippen LogP contribution in [0.4, 0.5) is 0 Å². The molecule has 3 unspecified atom stereocenters. The number of aryl methyl sites for hydroxylation is 1. The van der Waals surface area contributed by atoms with Gasteiger partial charge in [0.05, 0.1) is 6.04 Å². The van der Waals surface area contributed by atoms with Crippen LogP contribution in [0.3, 0.4) is 0 Å². The highest BCUT2D eigenvalue weighted by molar-refractivity contribution is 5.82. The standard InChI is InChI=1S/C32H29NO/c34-32(29-20-19-23-11-7-9-17-27(23)30(29)25-13-3-1-4-14-25)33-22-21-24-12-8-10-18-28(24)31(33)26-15-5-2-6-16-26/h1-18,29-31H,19-22H2. The number of hydrogen-bond donors (Lipinski definition) is 0. The SMILES string of the molecule is O=C(C1CCc2ccccc2C1c1ccccc1)N1CCc2ccccc2C1c1ccccc1. The molecule has 6 rings (SSSR count). The molecule has 0 saturated heterocycles. The molecule has 0 saturated carbocycles. The minimum atomic E-state index is -0.0613. The minimum Gasteiger partial charge on any atom is -0.331 e. The maximum atomic E-state index is 14.5. The van der Waals surface area contributed by atoms with Gasteiger partial charge < -0.3 is 4.90 Å². The van der Waals surface area contributed by atoms with Crippen molar-refractivity contribution in [3.05, 3.63) is 143 Å². The van der Waals surface area contributed by atoms with Crippen LogP contribution in [0, 0.1) is 5.92 Å². The van der Waals surface area contributed by atoms with Gasteiger partial charge in [-0.25, -0.2) is 0 Å². The number of nitrogens with zero attached hydrogens (tertiary/aromatic N) is 1. The van der Waals surface area contributed by atoms with Crippen molar-refractivity contribution in [2.45, 2.75) is 31.2 Å². The second-order valence-electron chi connectivity index (χ2n) is 9.53. The van der Waals surface area contributed by atoms with E-state index in [2.05, 4.69) is 108 Å². The van der Waals surface area contributed by atoms with Gasteiger partial charge in [-0.05, 0) is 52.6 Å². The van der Waals surface area contributed by atoms with Crippen LogP contribution in [-0.2, 0) is 17.6 Å². The van der Waals surface area contributed by atoms with Crippen LogP contribution >= 0.6 is 0 Å². The van der Waals surface area contributed by atoms with Crippen LogP contribution in [0.25, 0.3) is 0 Å². The summed E-state index contributed by atoms with van der Waals surface area (Å²) >= 11 is 0. The van der Waals surface area contributed by atoms with Crippen LogP contribution in [0.2, 0.25) is 0 Å². The lowest BCUT2D eigenvalue weighted by molar-refractivity contribution is -0.138. The summed E-state index contributed by atoms with van der Waals surface area (Å²) in [6.07, 6.45) is 2.75. The average molecular weight is 444 g/mol. The summed E-state index contributed by atoms with van der Waals surface area (Å²) < 4.78 is 0. The van der Waals surface area contributed by atoms with Crippen LogP contribution < -0.4 is 0 Å². The van der Waals surface area contributed by atoms with Crippen molar-refractivity contribution in [2.75, 3.05) is 6.54 Å². The quantitative estimate of drug-likeness (QED) is 0.351. The van der Waals surface area contributed by atoms with E-state index in [1.54, 1.807) is 0 Å². The van der Waals surface area contributed by atoms with Gasteiger partial charge >= 0.3 is 0 Å². The zero-order chi connectivity index (χ0) is 22.9. The van der Waals surface area contributed by atoms with Gasteiger partial charge in [0, 0.05) is 18.4 Å². The summed E-state index contributed by atoms with van der Waals surface area (Å²) in [5.74, 6) is 0.313. The summed E-state index contributed by atoms with van der Waals surface area (Å²) in [7, 11) is 0. The van der Waals surface area contributed by atoms with Gasteiger partial charge in [-0.1, -0.05) is 109 Å². The van der Waals surface area contributed by atoms with Gasteiger partial charge in [-0.2, -0.15) is 0 Å². The molecule has 34 heavy (non-hydrogen) atoms. The van der Waals surface area contributed by atoms with Crippen LogP contribution in [0.5, 0.6) is 0 Å².